The van der Waals surface area contributed by atoms with Crippen LogP contribution in [0.25, 0.3) is 0 Å². The molecule has 6 heteroatoms. The predicted molar refractivity (Wildman–Crippen MR) is 117 cm³/mol. The molecule has 3 aromatic carbocycles. The highest BCUT2D eigenvalue weighted by molar-refractivity contribution is 6.30. The first-order valence-electron chi connectivity index (χ1n) is 9.66. The van der Waals surface area contributed by atoms with Crippen LogP contribution in [-0.4, -0.2) is 25.5 Å². The zero-order valence-corrected chi connectivity index (χ0v) is 17.3. The molecule has 152 valence electrons. The van der Waals surface area contributed by atoms with E-state index in [2.05, 4.69) is 11.4 Å². The SMILES string of the molecule is COc1cccc(C(=O)N2CCc3cc(CNC(=O)c4ccc(Cl)cc4)ccc32)c1. The van der Waals surface area contributed by atoms with Gasteiger partial charge in [0.15, 0.2) is 0 Å². The molecule has 4 rings (SSSR count). The first-order chi connectivity index (χ1) is 14.5. The van der Waals surface area contributed by atoms with Gasteiger partial charge in [-0.3, -0.25) is 9.59 Å². The quantitative estimate of drug-likeness (QED) is 0.662. The smallest absolute Gasteiger partial charge is 0.258 e. The number of anilines is 1. The third kappa shape index (κ3) is 4.16. The van der Waals surface area contributed by atoms with E-state index in [-0.39, 0.29) is 11.8 Å². The first kappa shape index (κ1) is 20.0. The number of carbonyl (C=O) groups excluding carboxylic acids is 2. The van der Waals surface area contributed by atoms with Crippen LogP contribution in [0.5, 0.6) is 5.75 Å². The Morgan fingerprint density at radius 3 is 2.60 bits per heavy atom. The highest BCUT2D eigenvalue weighted by atomic mass is 35.5. The molecule has 0 bridgehead atoms. The summed E-state index contributed by atoms with van der Waals surface area (Å²) in [5, 5.41) is 3.52. The van der Waals surface area contributed by atoms with Gasteiger partial charge in [-0.2, -0.15) is 0 Å². The summed E-state index contributed by atoms with van der Waals surface area (Å²) in [5.74, 6) is 0.463. The molecule has 0 unspecified atom stereocenters. The van der Waals surface area contributed by atoms with Gasteiger partial charge in [0.1, 0.15) is 5.75 Å². The van der Waals surface area contributed by atoms with Gasteiger partial charge in [-0.25, -0.2) is 0 Å². The van der Waals surface area contributed by atoms with E-state index in [1.165, 1.54) is 0 Å². The lowest BCUT2D eigenvalue weighted by molar-refractivity contribution is 0.0949. The first-order valence-corrected chi connectivity index (χ1v) is 10.0. The van der Waals surface area contributed by atoms with Gasteiger partial charge >= 0.3 is 0 Å². The molecule has 0 saturated carbocycles. The molecule has 0 saturated heterocycles. The maximum atomic E-state index is 13.0. The predicted octanol–water partition coefficient (Wildman–Crippen LogP) is 4.48. The Labute approximate surface area is 180 Å². The fourth-order valence-electron chi connectivity index (χ4n) is 3.57. The topological polar surface area (TPSA) is 58.6 Å². The van der Waals surface area contributed by atoms with E-state index in [4.69, 9.17) is 16.3 Å². The van der Waals surface area contributed by atoms with Crippen LogP contribution >= 0.6 is 11.6 Å². The van der Waals surface area contributed by atoms with Crippen molar-refractivity contribution in [2.45, 2.75) is 13.0 Å². The van der Waals surface area contributed by atoms with Gasteiger partial charge in [-0.1, -0.05) is 29.8 Å². The fourth-order valence-corrected chi connectivity index (χ4v) is 3.70. The molecule has 1 heterocycles. The van der Waals surface area contributed by atoms with Crippen LogP contribution in [0.3, 0.4) is 0 Å². The third-order valence-corrected chi connectivity index (χ3v) is 5.41. The number of nitrogens with zero attached hydrogens (tertiary/aromatic N) is 1. The number of hydrogen-bond donors (Lipinski definition) is 1. The van der Waals surface area contributed by atoms with E-state index < -0.39 is 0 Å². The van der Waals surface area contributed by atoms with Crippen LogP contribution in [0.15, 0.2) is 66.7 Å². The summed E-state index contributed by atoms with van der Waals surface area (Å²) in [6, 6.07) is 19.9. The largest absolute Gasteiger partial charge is 0.497 e. The van der Waals surface area contributed by atoms with E-state index >= 15 is 0 Å². The van der Waals surface area contributed by atoms with Gasteiger partial charge in [-0.15, -0.1) is 0 Å². The lowest BCUT2D eigenvalue weighted by Crippen LogP contribution is -2.28. The van der Waals surface area contributed by atoms with Gasteiger partial charge in [0.05, 0.1) is 7.11 Å². The molecule has 3 aromatic rings. The van der Waals surface area contributed by atoms with Gasteiger partial charge in [0.2, 0.25) is 0 Å². The van der Waals surface area contributed by atoms with Crippen LogP contribution < -0.4 is 15.0 Å². The zero-order chi connectivity index (χ0) is 21.1. The number of hydrogen-bond acceptors (Lipinski definition) is 3. The average molecular weight is 421 g/mol. The summed E-state index contributed by atoms with van der Waals surface area (Å²) in [6.45, 7) is 1.05. The lowest BCUT2D eigenvalue weighted by Gasteiger charge is -2.18. The van der Waals surface area contributed by atoms with Crippen LogP contribution in [0, 0.1) is 0 Å². The number of benzene rings is 3. The molecule has 1 aliphatic heterocycles. The minimum absolute atomic E-state index is 0.0450. The molecule has 0 aromatic heterocycles. The van der Waals surface area contributed by atoms with Crippen molar-refractivity contribution in [3.63, 3.8) is 0 Å². The maximum Gasteiger partial charge on any atom is 0.258 e. The lowest BCUT2D eigenvalue weighted by atomic mass is 10.1. The zero-order valence-electron chi connectivity index (χ0n) is 16.5. The molecule has 0 fully saturated rings. The Kier molecular flexibility index (Phi) is 5.72. The highest BCUT2D eigenvalue weighted by Crippen LogP contribution is 2.30. The highest BCUT2D eigenvalue weighted by Gasteiger charge is 2.26. The van der Waals surface area contributed by atoms with Gasteiger partial charge in [0.25, 0.3) is 11.8 Å². The number of nitrogens with one attached hydrogen (secondary N) is 1. The maximum absolute atomic E-state index is 13.0. The summed E-state index contributed by atoms with van der Waals surface area (Å²) in [5.41, 5.74) is 4.17. The van der Waals surface area contributed by atoms with Crippen LogP contribution in [0.4, 0.5) is 5.69 Å². The van der Waals surface area contributed by atoms with E-state index in [9.17, 15) is 9.59 Å². The Balaban J connectivity index is 1.45. The van der Waals surface area contributed by atoms with Gasteiger partial charge < -0.3 is 15.0 Å². The number of ether oxygens (including phenoxy) is 1. The summed E-state index contributed by atoms with van der Waals surface area (Å²) >= 11 is 5.87. The molecule has 0 radical (unpaired) electrons. The van der Waals surface area contributed by atoms with Crippen LogP contribution in [-0.2, 0) is 13.0 Å². The number of rotatable bonds is 5. The number of amides is 2. The molecule has 1 N–H and O–H groups in total. The molecular formula is C24H21ClN2O3. The summed E-state index contributed by atoms with van der Waals surface area (Å²) < 4.78 is 5.23. The van der Waals surface area contributed by atoms with E-state index in [1.54, 1.807) is 48.4 Å². The second-order valence-electron chi connectivity index (χ2n) is 7.09. The van der Waals surface area contributed by atoms with Gasteiger partial charge in [0, 0.05) is 34.9 Å². The minimum Gasteiger partial charge on any atom is -0.497 e. The van der Waals surface area contributed by atoms with Crippen molar-refractivity contribution in [2.75, 3.05) is 18.6 Å². The molecule has 1 aliphatic rings. The molecule has 5 nitrogen and oxygen atoms in total. The Morgan fingerprint density at radius 1 is 1.03 bits per heavy atom. The minimum atomic E-state index is -0.151. The number of fused-ring (bicyclic) bond motifs is 1. The molecular weight excluding hydrogens is 400 g/mol. The van der Waals surface area contributed by atoms with E-state index in [0.717, 1.165) is 23.2 Å². The van der Waals surface area contributed by atoms with Crippen molar-refractivity contribution >= 4 is 29.1 Å². The Bertz CT molecular complexity index is 1100. The molecule has 0 spiro atoms. The molecule has 0 aliphatic carbocycles. The summed E-state index contributed by atoms with van der Waals surface area (Å²) in [6.07, 6.45) is 0.782. The van der Waals surface area contributed by atoms with Crippen LogP contribution in [0.2, 0.25) is 5.02 Å². The fraction of sp³-hybridized carbons (Fsp3) is 0.167. The second kappa shape index (κ2) is 8.59. The van der Waals surface area contributed by atoms with E-state index in [1.807, 2.05) is 24.3 Å². The van der Waals surface area contributed by atoms with Crippen molar-refractivity contribution in [3.05, 3.63) is 94.0 Å². The van der Waals surface area contributed by atoms with E-state index in [0.29, 0.717) is 35.0 Å². The Morgan fingerprint density at radius 2 is 1.83 bits per heavy atom. The summed E-state index contributed by atoms with van der Waals surface area (Å²) in [7, 11) is 1.59. The summed E-state index contributed by atoms with van der Waals surface area (Å²) in [4.78, 5) is 27.1. The number of carbonyl (C=O) groups is 2. The monoisotopic (exact) mass is 420 g/mol. The standard InChI is InChI=1S/C24H21ClN2O3/c1-30-21-4-2-3-19(14-21)24(29)27-12-11-18-13-16(5-10-22(18)27)15-26-23(28)17-6-8-20(25)9-7-17/h2-10,13-14H,11-12,15H2,1H3,(H,26,28). The second-order valence-corrected chi connectivity index (χ2v) is 7.53. The number of methoxy groups -OCH3 is 1. The molecule has 0 atom stereocenters. The third-order valence-electron chi connectivity index (χ3n) is 5.16. The normalized spacial score (nSPS) is 12.4. The van der Waals surface area contributed by atoms with Crippen molar-refractivity contribution in [2.24, 2.45) is 0 Å². The van der Waals surface area contributed by atoms with Crippen molar-refractivity contribution in [1.29, 1.82) is 0 Å². The Hall–Kier alpha value is -3.31. The average Bonchev–Trinajstić information content (AvgIpc) is 3.20. The van der Waals surface area contributed by atoms with Crippen molar-refractivity contribution < 1.29 is 14.3 Å². The van der Waals surface area contributed by atoms with Crippen molar-refractivity contribution in [1.82, 2.24) is 5.32 Å². The molecule has 30 heavy (non-hydrogen) atoms. The number of halogens is 1. The molecule has 2 amide bonds. The van der Waals surface area contributed by atoms with Gasteiger partial charge in [-0.05, 0) is 66.1 Å². The van der Waals surface area contributed by atoms with Crippen LogP contribution in [0.1, 0.15) is 31.8 Å². The van der Waals surface area contributed by atoms with Crippen molar-refractivity contribution in [3.8, 4) is 5.75 Å².